The van der Waals surface area contributed by atoms with Gasteiger partial charge >= 0.3 is 5.97 Å². The SMILES string of the molecule is CCCC(CC(=O)N1C[C@H]2CCCC[C@H]2C1)(Cc1ccc(C)cc1)C(=O)O. The van der Waals surface area contributed by atoms with Crippen molar-refractivity contribution < 1.29 is 14.7 Å². The number of hydrogen-bond donors (Lipinski definition) is 1. The van der Waals surface area contributed by atoms with Crippen molar-refractivity contribution >= 4 is 11.9 Å². The van der Waals surface area contributed by atoms with E-state index in [1.807, 2.05) is 43.0 Å². The Bertz CT molecular complexity index is 655. The van der Waals surface area contributed by atoms with E-state index in [-0.39, 0.29) is 12.3 Å². The molecule has 1 aliphatic carbocycles. The maximum Gasteiger partial charge on any atom is 0.310 e. The van der Waals surface area contributed by atoms with Crippen LogP contribution < -0.4 is 0 Å². The Balaban J connectivity index is 1.75. The number of aliphatic carboxylic acids is 1. The lowest BCUT2D eigenvalue weighted by atomic mass is 9.74. The highest BCUT2D eigenvalue weighted by atomic mass is 16.4. The number of aryl methyl sites for hydroxylation is 1. The minimum absolute atomic E-state index is 0.0346. The van der Waals surface area contributed by atoms with Gasteiger partial charge in [-0.15, -0.1) is 0 Å². The van der Waals surface area contributed by atoms with E-state index in [0.29, 0.717) is 24.7 Å². The van der Waals surface area contributed by atoms with Crippen molar-refractivity contribution in [3.8, 4) is 0 Å². The van der Waals surface area contributed by atoms with Crippen LogP contribution >= 0.6 is 0 Å². The standard InChI is InChI=1S/C23H33NO3/c1-3-12-23(22(26)27,13-18-10-8-17(2)9-11-18)14-21(25)24-15-19-6-4-5-7-20(19)16-24/h8-11,19-20H,3-7,12-16H2,1-2H3,(H,26,27)/t19-,20+,23?. The topological polar surface area (TPSA) is 57.6 Å². The van der Waals surface area contributed by atoms with Gasteiger partial charge in [0.1, 0.15) is 0 Å². The molecule has 1 aliphatic heterocycles. The minimum Gasteiger partial charge on any atom is -0.481 e. The average Bonchev–Trinajstić information content (AvgIpc) is 3.08. The van der Waals surface area contributed by atoms with E-state index in [2.05, 4.69) is 0 Å². The zero-order valence-electron chi connectivity index (χ0n) is 16.7. The summed E-state index contributed by atoms with van der Waals surface area (Å²) < 4.78 is 0. The van der Waals surface area contributed by atoms with E-state index in [4.69, 9.17) is 0 Å². The van der Waals surface area contributed by atoms with E-state index < -0.39 is 11.4 Å². The second-order valence-corrected chi connectivity index (χ2v) is 8.78. The fraction of sp³-hybridized carbons (Fsp3) is 0.652. The van der Waals surface area contributed by atoms with Gasteiger partial charge in [0, 0.05) is 19.5 Å². The van der Waals surface area contributed by atoms with Crippen LogP contribution in [0.2, 0.25) is 0 Å². The van der Waals surface area contributed by atoms with Crippen LogP contribution in [0.15, 0.2) is 24.3 Å². The molecule has 3 atom stereocenters. The highest BCUT2D eigenvalue weighted by molar-refractivity contribution is 5.85. The number of carboxylic acids is 1. The molecule has 148 valence electrons. The first-order chi connectivity index (χ1) is 12.9. The zero-order chi connectivity index (χ0) is 19.4. The van der Waals surface area contributed by atoms with Crippen LogP contribution in [-0.4, -0.2) is 35.0 Å². The molecule has 1 N–H and O–H groups in total. The molecule has 1 saturated heterocycles. The quantitative estimate of drug-likeness (QED) is 0.770. The second-order valence-electron chi connectivity index (χ2n) is 8.78. The smallest absolute Gasteiger partial charge is 0.310 e. The summed E-state index contributed by atoms with van der Waals surface area (Å²) in [5, 5.41) is 10.1. The normalized spacial score (nSPS) is 24.3. The number of rotatable bonds is 7. The molecule has 1 saturated carbocycles. The van der Waals surface area contributed by atoms with Crippen molar-refractivity contribution in [1.29, 1.82) is 0 Å². The van der Waals surface area contributed by atoms with E-state index in [1.165, 1.54) is 25.7 Å². The summed E-state index contributed by atoms with van der Waals surface area (Å²) in [5.74, 6) is 0.456. The van der Waals surface area contributed by atoms with Crippen molar-refractivity contribution in [3.05, 3.63) is 35.4 Å². The van der Waals surface area contributed by atoms with Crippen LogP contribution in [0, 0.1) is 24.2 Å². The van der Waals surface area contributed by atoms with Crippen LogP contribution in [-0.2, 0) is 16.0 Å². The molecule has 1 aromatic carbocycles. The third-order valence-corrected chi connectivity index (χ3v) is 6.66. The van der Waals surface area contributed by atoms with Gasteiger partial charge in [0.2, 0.25) is 5.91 Å². The van der Waals surface area contributed by atoms with Gasteiger partial charge in [-0.05, 0) is 50.0 Å². The Labute approximate surface area is 163 Å². The van der Waals surface area contributed by atoms with E-state index in [9.17, 15) is 14.7 Å². The molecule has 3 rings (SSSR count). The fourth-order valence-corrected chi connectivity index (χ4v) is 5.08. The van der Waals surface area contributed by atoms with Crippen LogP contribution in [0.25, 0.3) is 0 Å². The van der Waals surface area contributed by atoms with E-state index in [1.54, 1.807) is 0 Å². The third kappa shape index (κ3) is 4.53. The lowest BCUT2D eigenvalue weighted by Gasteiger charge is -2.31. The summed E-state index contributed by atoms with van der Waals surface area (Å²) in [6.07, 6.45) is 6.80. The number of benzene rings is 1. The molecule has 0 bridgehead atoms. The molecule has 1 amide bonds. The van der Waals surface area contributed by atoms with Gasteiger partial charge < -0.3 is 10.0 Å². The van der Waals surface area contributed by atoms with Crippen molar-refractivity contribution in [2.24, 2.45) is 17.3 Å². The van der Waals surface area contributed by atoms with Gasteiger partial charge in [-0.3, -0.25) is 9.59 Å². The van der Waals surface area contributed by atoms with Gasteiger partial charge in [-0.1, -0.05) is 56.0 Å². The van der Waals surface area contributed by atoms with Crippen molar-refractivity contribution in [1.82, 2.24) is 4.90 Å². The Kier molecular flexibility index (Phi) is 6.23. The van der Waals surface area contributed by atoms with Crippen LogP contribution in [0.5, 0.6) is 0 Å². The maximum absolute atomic E-state index is 13.1. The van der Waals surface area contributed by atoms with E-state index >= 15 is 0 Å². The highest BCUT2D eigenvalue weighted by Crippen LogP contribution is 2.39. The van der Waals surface area contributed by atoms with Crippen molar-refractivity contribution in [2.45, 2.75) is 65.2 Å². The summed E-state index contributed by atoms with van der Waals surface area (Å²) in [6.45, 7) is 5.68. The Morgan fingerprint density at radius 1 is 1.11 bits per heavy atom. The molecule has 1 heterocycles. The summed E-state index contributed by atoms with van der Waals surface area (Å²) in [5.41, 5.74) is 1.15. The van der Waals surface area contributed by atoms with Crippen LogP contribution in [0.3, 0.4) is 0 Å². The van der Waals surface area contributed by atoms with Gasteiger partial charge in [-0.2, -0.15) is 0 Å². The minimum atomic E-state index is -1.01. The first kappa shape index (κ1) is 19.9. The van der Waals surface area contributed by atoms with Crippen LogP contribution in [0.1, 0.15) is 63.0 Å². The lowest BCUT2D eigenvalue weighted by Crippen LogP contribution is -2.40. The first-order valence-corrected chi connectivity index (χ1v) is 10.5. The average molecular weight is 372 g/mol. The number of carboxylic acid groups (broad SMARTS) is 1. The van der Waals surface area contributed by atoms with Crippen LogP contribution in [0.4, 0.5) is 0 Å². The fourth-order valence-electron chi connectivity index (χ4n) is 5.08. The van der Waals surface area contributed by atoms with Gasteiger partial charge in [0.25, 0.3) is 0 Å². The molecule has 4 nitrogen and oxygen atoms in total. The highest BCUT2D eigenvalue weighted by Gasteiger charge is 2.43. The predicted octanol–water partition coefficient (Wildman–Crippen LogP) is 4.45. The van der Waals surface area contributed by atoms with Gasteiger partial charge in [-0.25, -0.2) is 0 Å². The number of carbonyl (C=O) groups excluding carboxylic acids is 1. The molecule has 0 aromatic heterocycles. The Morgan fingerprint density at radius 2 is 1.70 bits per heavy atom. The summed E-state index contributed by atoms with van der Waals surface area (Å²) in [4.78, 5) is 27.4. The number of likely N-dealkylation sites (tertiary alicyclic amines) is 1. The van der Waals surface area contributed by atoms with Gasteiger partial charge in [0.05, 0.1) is 5.41 Å². The molecule has 4 heteroatoms. The monoisotopic (exact) mass is 371 g/mol. The molecule has 1 aromatic rings. The summed E-state index contributed by atoms with van der Waals surface area (Å²) >= 11 is 0. The van der Waals surface area contributed by atoms with Crippen molar-refractivity contribution in [3.63, 3.8) is 0 Å². The summed E-state index contributed by atoms with van der Waals surface area (Å²) in [6, 6.07) is 8.02. The second kappa shape index (κ2) is 8.45. The molecule has 2 aliphatic rings. The first-order valence-electron chi connectivity index (χ1n) is 10.5. The Morgan fingerprint density at radius 3 is 2.22 bits per heavy atom. The molecule has 1 unspecified atom stereocenters. The maximum atomic E-state index is 13.1. The Hall–Kier alpha value is -1.84. The van der Waals surface area contributed by atoms with Crippen molar-refractivity contribution in [2.75, 3.05) is 13.1 Å². The van der Waals surface area contributed by atoms with E-state index in [0.717, 1.165) is 30.6 Å². The molecular formula is C23H33NO3. The largest absolute Gasteiger partial charge is 0.481 e. The van der Waals surface area contributed by atoms with Gasteiger partial charge in [0.15, 0.2) is 0 Å². The number of carbonyl (C=O) groups is 2. The predicted molar refractivity (Wildman–Crippen MR) is 107 cm³/mol. The number of amides is 1. The molecule has 27 heavy (non-hydrogen) atoms. The molecule has 2 fully saturated rings. The third-order valence-electron chi connectivity index (χ3n) is 6.66. The summed E-state index contributed by atoms with van der Waals surface area (Å²) in [7, 11) is 0. The molecule has 0 radical (unpaired) electrons. The number of fused-ring (bicyclic) bond motifs is 1. The lowest BCUT2D eigenvalue weighted by molar-refractivity contribution is -0.154. The number of hydrogen-bond acceptors (Lipinski definition) is 2. The molecular weight excluding hydrogens is 338 g/mol. The molecule has 0 spiro atoms. The number of nitrogens with zero attached hydrogens (tertiary/aromatic N) is 1. The zero-order valence-corrected chi connectivity index (χ0v) is 16.7.